The Balaban J connectivity index is 1.68. The zero-order chi connectivity index (χ0) is 20.1. The number of rotatable bonds is 8. The number of amides is 1. The molecule has 11 heteroatoms. The van der Waals surface area contributed by atoms with E-state index in [1.165, 1.54) is 30.6 Å². The van der Waals surface area contributed by atoms with Crippen molar-refractivity contribution in [2.24, 2.45) is 5.73 Å². The summed E-state index contributed by atoms with van der Waals surface area (Å²) in [4.78, 5) is 27.4. The fourth-order valence-electron chi connectivity index (χ4n) is 2.15. The van der Waals surface area contributed by atoms with Crippen LogP contribution in [-0.4, -0.2) is 35.7 Å². The summed E-state index contributed by atoms with van der Waals surface area (Å²) in [6, 6.07) is 4.54. The highest BCUT2D eigenvalue weighted by atomic mass is 35.5. The highest BCUT2D eigenvalue weighted by Gasteiger charge is 2.18. The van der Waals surface area contributed by atoms with Gasteiger partial charge in [-0.25, -0.2) is 4.79 Å². The number of carbonyl (C=O) groups is 2. The van der Waals surface area contributed by atoms with Crippen molar-refractivity contribution in [3.05, 3.63) is 45.4 Å². The summed E-state index contributed by atoms with van der Waals surface area (Å²) in [6.07, 6.45) is 0. The molecular weight excluding hydrogens is 410 g/mol. The first kappa shape index (κ1) is 19.6. The van der Waals surface area contributed by atoms with Gasteiger partial charge in [0.25, 0.3) is 11.8 Å². The molecule has 0 spiro atoms. The summed E-state index contributed by atoms with van der Waals surface area (Å²) in [6.45, 7) is -0.573. The van der Waals surface area contributed by atoms with Crippen LogP contribution in [0.4, 0.5) is 0 Å². The summed E-state index contributed by atoms with van der Waals surface area (Å²) in [5, 5.41) is 7.58. The van der Waals surface area contributed by atoms with Crippen molar-refractivity contribution in [3.63, 3.8) is 0 Å². The number of primary amides is 1. The number of ether oxygens (including phenoxy) is 3. The van der Waals surface area contributed by atoms with Crippen molar-refractivity contribution in [3.8, 4) is 23.0 Å². The molecule has 2 heterocycles. The van der Waals surface area contributed by atoms with E-state index >= 15 is 0 Å². The van der Waals surface area contributed by atoms with Crippen molar-refractivity contribution in [1.29, 1.82) is 0 Å². The molecule has 0 atom stereocenters. The highest BCUT2D eigenvalue weighted by molar-refractivity contribution is 7.08. The third-order valence-electron chi connectivity index (χ3n) is 3.39. The standard InChI is InChI=1S/C17H14ClN3O6S/c1-24-12-5-10(4-11(18)15(12)25-6-13(19)22)17(23)26-7-14-20-16(27-21-14)9-2-3-28-8-9/h2-5,8H,6-7H2,1H3,(H2,19,22). The number of halogens is 1. The molecule has 2 N–H and O–H groups in total. The van der Waals surface area contributed by atoms with Gasteiger partial charge in [-0.3, -0.25) is 4.79 Å². The predicted molar refractivity (Wildman–Crippen MR) is 99.4 cm³/mol. The first-order valence-corrected chi connectivity index (χ1v) is 9.11. The Hall–Kier alpha value is -3.11. The maximum absolute atomic E-state index is 12.3. The van der Waals surface area contributed by atoms with Crippen LogP contribution in [0.3, 0.4) is 0 Å². The van der Waals surface area contributed by atoms with Gasteiger partial charge in [-0.05, 0) is 23.6 Å². The number of hydrogen-bond donors (Lipinski definition) is 1. The number of carbonyl (C=O) groups excluding carboxylic acids is 2. The number of benzene rings is 1. The van der Waals surface area contributed by atoms with Gasteiger partial charge in [0.05, 0.1) is 23.3 Å². The average Bonchev–Trinajstić information content (AvgIpc) is 3.35. The predicted octanol–water partition coefficient (Wildman–Crippen LogP) is 2.68. The Kier molecular flexibility index (Phi) is 6.12. The molecule has 3 aromatic rings. The molecule has 0 bridgehead atoms. The molecule has 146 valence electrons. The summed E-state index contributed by atoms with van der Waals surface area (Å²) in [5.74, 6) is -0.549. The molecule has 0 aliphatic carbocycles. The van der Waals surface area contributed by atoms with Crippen molar-refractivity contribution >= 4 is 34.8 Å². The molecule has 0 aliphatic rings. The maximum atomic E-state index is 12.3. The van der Waals surface area contributed by atoms with Gasteiger partial charge in [0, 0.05) is 5.38 Å². The molecule has 1 amide bonds. The van der Waals surface area contributed by atoms with Gasteiger partial charge in [0.15, 0.2) is 24.7 Å². The summed E-state index contributed by atoms with van der Waals surface area (Å²) in [5.41, 5.74) is 5.96. The average molecular weight is 424 g/mol. The second-order valence-electron chi connectivity index (χ2n) is 5.35. The van der Waals surface area contributed by atoms with Crippen LogP contribution in [0.2, 0.25) is 5.02 Å². The minimum Gasteiger partial charge on any atom is -0.493 e. The second kappa shape index (κ2) is 8.72. The monoisotopic (exact) mass is 423 g/mol. The smallest absolute Gasteiger partial charge is 0.338 e. The lowest BCUT2D eigenvalue weighted by Crippen LogP contribution is -2.20. The number of nitrogens with zero attached hydrogens (tertiary/aromatic N) is 2. The van der Waals surface area contributed by atoms with E-state index in [9.17, 15) is 9.59 Å². The molecule has 9 nitrogen and oxygen atoms in total. The van der Waals surface area contributed by atoms with Gasteiger partial charge in [0.2, 0.25) is 5.82 Å². The number of aromatic nitrogens is 2. The molecular formula is C17H14ClN3O6S. The topological polar surface area (TPSA) is 127 Å². The molecule has 28 heavy (non-hydrogen) atoms. The summed E-state index contributed by atoms with van der Waals surface area (Å²) >= 11 is 7.61. The van der Waals surface area contributed by atoms with E-state index in [4.69, 9.17) is 36.1 Å². The van der Waals surface area contributed by atoms with E-state index in [-0.39, 0.29) is 41.1 Å². The quantitative estimate of drug-likeness (QED) is 0.548. The number of thiophene rings is 1. The van der Waals surface area contributed by atoms with E-state index in [0.29, 0.717) is 5.89 Å². The molecule has 3 rings (SSSR count). The lowest BCUT2D eigenvalue weighted by molar-refractivity contribution is -0.119. The van der Waals surface area contributed by atoms with Crippen LogP contribution < -0.4 is 15.2 Å². The molecule has 0 unspecified atom stereocenters. The van der Waals surface area contributed by atoms with Crippen LogP contribution in [0.25, 0.3) is 11.5 Å². The molecule has 0 saturated heterocycles. The highest BCUT2D eigenvalue weighted by Crippen LogP contribution is 2.36. The molecule has 0 radical (unpaired) electrons. The van der Waals surface area contributed by atoms with Crippen molar-refractivity contribution in [2.45, 2.75) is 6.61 Å². The zero-order valence-corrected chi connectivity index (χ0v) is 16.1. The number of methoxy groups -OCH3 is 1. The second-order valence-corrected chi connectivity index (χ2v) is 6.54. The van der Waals surface area contributed by atoms with Crippen LogP contribution in [0, 0.1) is 0 Å². The van der Waals surface area contributed by atoms with E-state index in [0.717, 1.165) is 5.56 Å². The summed E-state index contributed by atoms with van der Waals surface area (Å²) in [7, 11) is 1.36. The third-order valence-corrected chi connectivity index (χ3v) is 4.36. The number of nitrogens with two attached hydrogens (primary N) is 1. The van der Waals surface area contributed by atoms with Gasteiger partial charge in [-0.15, -0.1) is 0 Å². The van der Waals surface area contributed by atoms with Crippen LogP contribution in [0.15, 0.2) is 33.5 Å². The van der Waals surface area contributed by atoms with Gasteiger partial charge in [0.1, 0.15) is 0 Å². The Morgan fingerprint density at radius 3 is 2.86 bits per heavy atom. The zero-order valence-electron chi connectivity index (χ0n) is 14.5. The largest absolute Gasteiger partial charge is 0.493 e. The van der Waals surface area contributed by atoms with Crippen LogP contribution in [-0.2, 0) is 16.1 Å². The van der Waals surface area contributed by atoms with Crippen LogP contribution in [0.1, 0.15) is 16.2 Å². The Labute approximate surface area is 168 Å². The van der Waals surface area contributed by atoms with Crippen LogP contribution in [0.5, 0.6) is 11.5 Å². The first-order chi connectivity index (χ1) is 13.5. The Morgan fingerprint density at radius 1 is 1.36 bits per heavy atom. The van der Waals surface area contributed by atoms with E-state index in [1.807, 2.05) is 16.8 Å². The SMILES string of the molecule is COc1cc(C(=O)OCc2noc(-c3ccsc3)n2)cc(Cl)c1OCC(N)=O. The fourth-order valence-corrected chi connectivity index (χ4v) is 3.05. The maximum Gasteiger partial charge on any atom is 0.338 e. The summed E-state index contributed by atoms with van der Waals surface area (Å²) < 4.78 is 20.7. The Bertz CT molecular complexity index is 989. The number of esters is 1. The number of hydrogen-bond acceptors (Lipinski definition) is 9. The molecule has 2 aromatic heterocycles. The van der Waals surface area contributed by atoms with Gasteiger partial charge in [-0.2, -0.15) is 16.3 Å². The van der Waals surface area contributed by atoms with Crippen LogP contribution >= 0.6 is 22.9 Å². The van der Waals surface area contributed by atoms with Crippen molar-refractivity contribution in [2.75, 3.05) is 13.7 Å². The third kappa shape index (κ3) is 4.59. The minimum atomic E-state index is -0.677. The molecule has 0 saturated carbocycles. The normalized spacial score (nSPS) is 10.5. The van der Waals surface area contributed by atoms with Gasteiger partial charge < -0.3 is 24.5 Å². The lowest BCUT2D eigenvalue weighted by atomic mass is 10.2. The van der Waals surface area contributed by atoms with Crippen molar-refractivity contribution in [1.82, 2.24) is 10.1 Å². The first-order valence-electron chi connectivity index (χ1n) is 7.79. The van der Waals surface area contributed by atoms with Crippen molar-refractivity contribution < 1.29 is 28.3 Å². The van der Waals surface area contributed by atoms with E-state index < -0.39 is 11.9 Å². The van der Waals surface area contributed by atoms with E-state index in [1.54, 1.807) is 0 Å². The van der Waals surface area contributed by atoms with Gasteiger partial charge >= 0.3 is 5.97 Å². The van der Waals surface area contributed by atoms with E-state index in [2.05, 4.69) is 10.1 Å². The molecule has 1 aromatic carbocycles. The molecule has 0 fully saturated rings. The Morgan fingerprint density at radius 2 is 2.18 bits per heavy atom. The minimum absolute atomic E-state index is 0.0619. The molecule has 0 aliphatic heterocycles. The van der Waals surface area contributed by atoms with Gasteiger partial charge in [-0.1, -0.05) is 16.8 Å². The fraction of sp³-hybridized carbons (Fsp3) is 0.176. The lowest BCUT2D eigenvalue weighted by Gasteiger charge is -2.12.